The fourth-order valence-electron chi connectivity index (χ4n) is 3.34. The van der Waals surface area contributed by atoms with Crippen molar-refractivity contribution in [2.45, 2.75) is 52.4 Å². The number of nitrogens with zero attached hydrogens (tertiary/aromatic N) is 2. The first kappa shape index (κ1) is 17.4. The third-order valence-electron chi connectivity index (χ3n) is 4.72. The molecule has 1 aromatic heterocycles. The average molecular weight is 339 g/mol. The van der Waals surface area contributed by atoms with E-state index in [1.165, 1.54) is 25.7 Å². The molecule has 0 bridgehead atoms. The lowest BCUT2D eigenvalue weighted by Crippen LogP contribution is -2.16. The van der Waals surface area contributed by atoms with Crippen molar-refractivity contribution in [3.8, 4) is 11.8 Å². The Kier molecular flexibility index (Phi) is 5.64. The van der Waals surface area contributed by atoms with Gasteiger partial charge in [0, 0.05) is 6.42 Å². The molecule has 0 saturated heterocycles. The number of anilines is 1. The van der Waals surface area contributed by atoms with Gasteiger partial charge in [-0.3, -0.25) is 4.79 Å². The van der Waals surface area contributed by atoms with Crippen LogP contribution in [0.3, 0.4) is 0 Å². The van der Waals surface area contributed by atoms with Crippen molar-refractivity contribution in [3.63, 3.8) is 0 Å². The van der Waals surface area contributed by atoms with E-state index < -0.39 is 0 Å². The monoisotopic (exact) mass is 339 g/mol. The summed E-state index contributed by atoms with van der Waals surface area (Å²) >= 11 is 0. The van der Waals surface area contributed by atoms with Crippen molar-refractivity contribution in [1.82, 2.24) is 9.97 Å². The van der Waals surface area contributed by atoms with Crippen LogP contribution in [0.1, 0.15) is 49.9 Å². The van der Waals surface area contributed by atoms with Crippen LogP contribution in [0, 0.1) is 19.8 Å². The highest BCUT2D eigenvalue weighted by Crippen LogP contribution is 2.29. The average Bonchev–Trinajstić information content (AvgIpc) is 3.11. The molecule has 0 atom stereocenters. The normalized spacial score (nSPS) is 14.5. The van der Waals surface area contributed by atoms with E-state index in [0.29, 0.717) is 41.2 Å². The van der Waals surface area contributed by atoms with Gasteiger partial charge in [-0.2, -0.15) is 9.97 Å². The molecule has 0 unspecified atom stereocenters. The summed E-state index contributed by atoms with van der Waals surface area (Å²) in [4.78, 5) is 21.0. The summed E-state index contributed by atoms with van der Waals surface area (Å²) in [5.41, 5.74) is 2.12. The van der Waals surface area contributed by atoms with E-state index in [2.05, 4.69) is 15.3 Å². The molecular formula is C20H25N3O2. The molecule has 0 radical (unpaired) electrons. The molecule has 1 saturated carbocycles. The second-order valence-corrected chi connectivity index (χ2v) is 6.70. The Bertz CT molecular complexity index is 702. The SMILES string of the molecule is Cc1nc(Oc2ccccc2)nc(C)c1NC(=O)CCC1CCCC1. The van der Waals surface area contributed by atoms with Crippen molar-refractivity contribution in [1.29, 1.82) is 0 Å². The standard InChI is InChI=1S/C20H25N3O2/c1-14-19(23-18(24)13-12-16-8-6-7-9-16)15(2)22-20(21-14)25-17-10-4-3-5-11-17/h3-5,10-11,16H,6-9,12-13H2,1-2H3,(H,23,24). The van der Waals surface area contributed by atoms with Gasteiger partial charge in [0.2, 0.25) is 5.91 Å². The number of hydrogen-bond donors (Lipinski definition) is 1. The fraction of sp³-hybridized carbons (Fsp3) is 0.450. The van der Waals surface area contributed by atoms with Crippen LogP contribution < -0.4 is 10.1 Å². The lowest BCUT2D eigenvalue weighted by molar-refractivity contribution is -0.116. The van der Waals surface area contributed by atoms with Gasteiger partial charge in [-0.25, -0.2) is 0 Å². The highest BCUT2D eigenvalue weighted by molar-refractivity contribution is 5.91. The van der Waals surface area contributed by atoms with E-state index in [1.807, 2.05) is 44.2 Å². The zero-order valence-electron chi connectivity index (χ0n) is 14.9. The van der Waals surface area contributed by atoms with Crippen LogP contribution in [0.25, 0.3) is 0 Å². The molecule has 3 rings (SSSR count). The second-order valence-electron chi connectivity index (χ2n) is 6.70. The van der Waals surface area contributed by atoms with E-state index in [1.54, 1.807) is 0 Å². The number of carbonyl (C=O) groups excluding carboxylic acids is 1. The van der Waals surface area contributed by atoms with Gasteiger partial charge in [-0.15, -0.1) is 0 Å². The molecule has 5 nitrogen and oxygen atoms in total. The van der Waals surface area contributed by atoms with E-state index in [-0.39, 0.29) is 5.91 Å². The maximum Gasteiger partial charge on any atom is 0.322 e. The van der Waals surface area contributed by atoms with Crippen LogP contribution in [-0.4, -0.2) is 15.9 Å². The lowest BCUT2D eigenvalue weighted by atomic mass is 10.0. The lowest BCUT2D eigenvalue weighted by Gasteiger charge is -2.13. The predicted molar refractivity (Wildman–Crippen MR) is 97.8 cm³/mol. The van der Waals surface area contributed by atoms with Crippen LogP contribution in [0.2, 0.25) is 0 Å². The molecule has 1 heterocycles. The predicted octanol–water partition coefficient (Wildman–Crippen LogP) is 4.79. The highest BCUT2D eigenvalue weighted by Gasteiger charge is 2.17. The van der Waals surface area contributed by atoms with Crippen LogP contribution >= 0.6 is 0 Å². The molecule has 1 amide bonds. The number of aromatic nitrogens is 2. The number of carbonyl (C=O) groups is 1. The Hall–Kier alpha value is -2.43. The maximum atomic E-state index is 12.3. The third kappa shape index (κ3) is 4.78. The van der Waals surface area contributed by atoms with Crippen LogP contribution in [-0.2, 0) is 4.79 Å². The summed E-state index contributed by atoms with van der Waals surface area (Å²) in [6.45, 7) is 3.72. The molecule has 0 spiro atoms. The summed E-state index contributed by atoms with van der Waals surface area (Å²) in [6.07, 6.45) is 6.67. The number of nitrogens with one attached hydrogen (secondary N) is 1. The van der Waals surface area contributed by atoms with Gasteiger partial charge in [0.05, 0.1) is 17.1 Å². The molecule has 1 aliphatic rings. The molecule has 25 heavy (non-hydrogen) atoms. The minimum atomic E-state index is 0.0402. The molecule has 2 aromatic rings. The second kappa shape index (κ2) is 8.10. The Balaban J connectivity index is 1.62. The Morgan fingerprint density at radius 1 is 1.12 bits per heavy atom. The van der Waals surface area contributed by atoms with Gasteiger partial charge in [0.1, 0.15) is 5.75 Å². The molecule has 1 aliphatic carbocycles. The molecule has 1 aromatic carbocycles. The van der Waals surface area contributed by atoms with Crippen molar-refractivity contribution in [2.75, 3.05) is 5.32 Å². The van der Waals surface area contributed by atoms with E-state index in [0.717, 1.165) is 6.42 Å². The van der Waals surface area contributed by atoms with E-state index in [4.69, 9.17) is 4.74 Å². The highest BCUT2D eigenvalue weighted by atomic mass is 16.5. The zero-order valence-corrected chi connectivity index (χ0v) is 14.9. The van der Waals surface area contributed by atoms with Crippen LogP contribution in [0.5, 0.6) is 11.8 Å². The van der Waals surface area contributed by atoms with Gasteiger partial charge in [0.25, 0.3) is 0 Å². The number of rotatable bonds is 6. The number of aryl methyl sites for hydroxylation is 2. The molecule has 1 N–H and O–H groups in total. The number of para-hydroxylation sites is 1. The topological polar surface area (TPSA) is 64.1 Å². The number of hydrogen-bond acceptors (Lipinski definition) is 4. The van der Waals surface area contributed by atoms with Gasteiger partial charge in [-0.1, -0.05) is 43.9 Å². The Labute approximate surface area is 148 Å². The molecule has 1 fully saturated rings. The summed E-state index contributed by atoms with van der Waals surface area (Å²) in [7, 11) is 0. The molecule has 132 valence electrons. The smallest absolute Gasteiger partial charge is 0.322 e. The fourth-order valence-corrected chi connectivity index (χ4v) is 3.34. The van der Waals surface area contributed by atoms with Crippen molar-refractivity contribution in [2.24, 2.45) is 5.92 Å². The van der Waals surface area contributed by atoms with Crippen LogP contribution in [0.4, 0.5) is 5.69 Å². The van der Waals surface area contributed by atoms with Gasteiger partial charge < -0.3 is 10.1 Å². The summed E-state index contributed by atoms with van der Waals surface area (Å²) < 4.78 is 5.68. The summed E-state index contributed by atoms with van der Waals surface area (Å²) in [6, 6.07) is 9.72. The number of amides is 1. The minimum absolute atomic E-state index is 0.0402. The largest absolute Gasteiger partial charge is 0.424 e. The van der Waals surface area contributed by atoms with Crippen molar-refractivity contribution in [3.05, 3.63) is 41.7 Å². The Morgan fingerprint density at radius 2 is 1.76 bits per heavy atom. The van der Waals surface area contributed by atoms with Crippen LogP contribution in [0.15, 0.2) is 30.3 Å². The summed E-state index contributed by atoms with van der Waals surface area (Å²) in [5, 5.41) is 2.97. The van der Waals surface area contributed by atoms with E-state index >= 15 is 0 Å². The molecular weight excluding hydrogens is 314 g/mol. The van der Waals surface area contributed by atoms with E-state index in [9.17, 15) is 4.79 Å². The van der Waals surface area contributed by atoms with Gasteiger partial charge in [0.15, 0.2) is 0 Å². The number of ether oxygens (including phenoxy) is 1. The molecule has 5 heteroatoms. The van der Waals surface area contributed by atoms with Crippen molar-refractivity contribution < 1.29 is 9.53 Å². The first-order chi connectivity index (χ1) is 12.1. The van der Waals surface area contributed by atoms with Gasteiger partial charge >= 0.3 is 6.01 Å². The molecule has 0 aliphatic heterocycles. The number of benzene rings is 1. The quantitative estimate of drug-likeness (QED) is 0.821. The minimum Gasteiger partial charge on any atom is -0.424 e. The zero-order chi connectivity index (χ0) is 17.6. The Morgan fingerprint density at radius 3 is 2.40 bits per heavy atom. The maximum absolute atomic E-state index is 12.3. The first-order valence-electron chi connectivity index (χ1n) is 9.00. The van der Waals surface area contributed by atoms with Gasteiger partial charge in [-0.05, 0) is 38.3 Å². The third-order valence-corrected chi connectivity index (χ3v) is 4.72. The first-order valence-corrected chi connectivity index (χ1v) is 9.00. The summed E-state index contributed by atoms with van der Waals surface area (Å²) in [5.74, 6) is 1.44. The van der Waals surface area contributed by atoms with Crippen molar-refractivity contribution >= 4 is 11.6 Å².